The minimum absolute atomic E-state index is 0.0452. The van der Waals surface area contributed by atoms with Gasteiger partial charge in [0, 0.05) is 10.9 Å². The van der Waals surface area contributed by atoms with Gasteiger partial charge in [0.15, 0.2) is 5.11 Å². The molecule has 0 saturated carbocycles. The minimum Gasteiger partial charge on any atom is -0.497 e. The number of hydrogen-bond donors (Lipinski definition) is 1. The maximum Gasteiger partial charge on any atom is 0.270 e. The molecule has 0 atom stereocenters. The lowest BCUT2D eigenvalue weighted by Crippen LogP contribution is -2.54. The van der Waals surface area contributed by atoms with E-state index in [2.05, 4.69) is 5.32 Å². The van der Waals surface area contributed by atoms with Gasteiger partial charge in [0.1, 0.15) is 11.3 Å². The van der Waals surface area contributed by atoms with Crippen LogP contribution < -0.4 is 15.0 Å². The van der Waals surface area contributed by atoms with Crippen LogP contribution in [0.4, 0.5) is 5.69 Å². The molecule has 7 heteroatoms. The summed E-state index contributed by atoms with van der Waals surface area (Å²) in [6, 6.07) is 10.6. The molecule has 0 bridgehead atoms. The lowest BCUT2D eigenvalue weighted by Gasteiger charge is -2.29. The number of carbonyl (C=O) groups excluding carboxylic acids is 2. The van der Waals surface area contributed by atoms with Gasteiger partial charge in [-0.25, -0.2) is 0 Å². The standard InChI is InChI=1S/C16H12N2O3S2/c1-21-11-5-2-4-10(8-11)18-15(20)13(14(19)17-16(18)22)9-12-6-3-7-23-12/h2-9H,1H3,(H,17,19,22)/b13-9-. The molecule has 5 nitrogen and oxygen atoms in total. The van der Waals surface area contributed by atoms with Crippen molar-refractivity contribution in [1.29, 1.82) is 0 Å². The Kier molecular flexibility index (Phi) is 4.22. The van der Waals surface area contributed by atoms with E-state index in [1.54, 1.807) is 37.5 Å². The van der Waals surface area contributed by atoms with E-state index >= 15 is 0 Å². The molecule has 23 heavy (non-hydrogen) atoms. The van der Waals surface area contributed by atoms with Gasteiger partial charge in [0.25, 0.3) is 11.8 Å². The van der Waals surface area contributed by atoms with Crippen LogP contribution in [-0.2, 0) is 9.59 Å². The molecule has 2 heterocycles. The van der Waals surface area contributed by atoms with Gasteiger partial charge in [-0.3, -0.25) is 19.8 Å². The van der Waals surface area contributed by atoms with Gasteiger partial charge in [-0.2, -0.15) is 0 Å². The van der Waals surface area contributed by atoms with Gasteiger partial charge in [-0.1, -0.05) is 12.1 Å². The maximum absolute atomic E-state index is 12.7. The number of nitrogens with zero attached hydrogens (tertiary/aromatic N) is 1. The van der Waals surface area contributed by atoms with E-state index < -0.39 is 11.8 Å². The van der Waals surface area contributed by atoms with Crippen molar-refractivity contribution in [2.24, 2.45) is 0 Å². The van der Waals surface area contributed by atoms with Crippen molar-refractivity contribution in [2.45, 2.75) is 0 Å². The van der Waals surface area contributed by atoms with Crippen molar-refractivity contribution in [2.75, 3.05) is 12.0 Å². The smallest absolute Gasteiger partial charge is 0.270 e. The van der Waals surface area contributed by atoms with Crippen LogP contribution in [-0.4, -0.2) is 24.0 Å². The van der Waals surface area contributed by atoms with Crippen LogP contribution in [0.25, 0.3) is 6.08 Å². The highest BCUT2D eigenvalue weighted by molar-refractivity contribution is 7.80. The quantitative estimate of drug-likeness (QED) is 0.528. The highest BCUT2D eigenvalue weighted by Crippen LogP contribution is 2.26. The highest BCUT2D eigenvalue weighted by atomic mass is 32.1. The second kappa shape index (κ2) is 6.31. The van der Waals surface area contributed by atoms with Crippen LogP contribution in [0.5, 0.6) is 5.75 Å². The van der Waals surface area contributed by atoms with Crippen LogP contribution in [0.15, 0.2) is 47.4 Å². The van der Waals surface area contributed by atoms with Crippen LogP contribution in [0.2, 0.25) is 0 Å². The van der Waals surface area contributed by atoms with Crippen LogP contribution in [0, 0.1) is 0 Å². The molecule has 0 aliphatic carbocycles. The first-order valence-corrected chi connectivity index (χ1v) is 7.98. The van der Waals surface area contributed by atoms with E-state index in [1.807, 2.05) is 17.5 Å². The molecule has 2 aromatic rings. The van der Waals surface area contributed by atoms with Gasteiger partial charge in [0.2, 0.25) is 0 Å². The van der Waals surface area contributed by atoms with Crippen molar-refractivity contribution in [3.63, 3.8) is 0 Å². The number of thiocarbonyl (C=S) groups is 1. The van der Waals surface area contributed by atoms with E-state index in [-0.39, 0.29) is 10.7 Å². The van der Waals surface area contributed by atoms with E-state index in [0.717, 1.165) is 4.88 Å². The summed E-state index contributed by atoms with van der Waals surface area (Å²) in [5, 5.41) is 4.48. The van der Waals surface area contributed by atoms with Gasteiger partial charge in [-0.15, -0.1) is 11.3 Å². The molecule has 2 amide bonds. The predicted octanol–water partition coefficient (Wildman–Crippen LogP) is 2.59. The van der Waals surface area contributed by atoms with Gasteiger partial charge < -0.3 is 4.74 Å². The Morgan fingerprint density at radius 2 is 2.09 bits per heavy atom. The third kappa shape index (κ3) is 3.01. The number of benzene rings is 1. The Morgan fingerprint density at radius 1 is 1.26 bits per heavy atom. The first-order chi connectivity index (χ1) is 11.1. The summed E-state index contributed by atoms with van der Waals surface area (Å²) in [6.07, 6.45) is 1.57. The predicted molar refractivity (Wildman–Crippen MR) is 93.5 cm³/mol. The molecule has 1 fully saturated rings. The second-order valence-corrected chi connectivity index (χ2v) is 6.04. The molecule has 116 valence electrons. The number of thiophene rings is 1. The molecule has 1 aliphatic rings. The van der Waals surface area contributed by atoms with E-state index in [0.29, 0.717) is 11.4 Å². The first-order valence-electron chi connectivity index (χ1n) is 6.69. The summed E-state index contributed by atoms with van der Waals surface area (Å²) in [5.74, 6) is -0.355. The molecule has 1 aromatic carbocycles. The molecular weight excluding hydrogens is 332 g/mol. The minimum atomic E-state index is -0.493. The molecule has 1 aliphatic heterocycles. The molecule has 1 saturated heterocycles. The Labute approximate surface area is 142 Å². The normalized spacial score (nSPS) is 16.7. The van der Waals surface area contributed by atoms with Crippen molar-refractivity contribution < 1.29 is 14.3 Å². The number of amides is 2. The largest absolute Gasteiger partial charge is 0.497 e. The molecular formula is C16H12N2O3S2. The summed E-state index contributed by atoms with van der Waals surface area (Å²) >= 11 is 6.60. The number of methoxy groups -OCH3 is 1. The highest BCUT2D eigenvalue weighted by Gasteiger charge is 2.34. The summed E-state index contributed by atoms with van der Waals surface area (Å²) in [6.45, 7) is 0. The third-order valence-electron chi connectivity index (χ3n) is 3.24. The Hall–Kier alpha value is -2.51. The fourth-order valence-electron chi connectivity index (χ4n) is 2.16. The zero-order chi connectivity index (χ0) is 16.4. The van der Waals surface area contributed by atoms with Crippen molar-refractivity contribution in [3.05, 3.63) is 52.2 Å². The van der Waals surface area contributed by atoms with Crippen LogP contribution in [0.1, 0.15) is 4.88 Å². The summed E-state index contributed by atoms with van der Waals surface area (Å²) in [7, 11) is 1.54. The summed E-state index contributed by atoms with van der Waals surface area (Å²) in [4.78, 5) is 27.0. The fraction of sp³-hybridized carbons (Fsp3) is 0.0625. The molecule has 0 spiro atoms. The average Bonchev–Trinajstić information content (AvgIpc) is 3.04. The lowest BCUT2D eigenvalue weighted by atomic mass is 10.1. The number of nitrogens with one attached hydrogen (secondary N) is 1. The molecule has 3 rings (SSSR count). The Balaban J connectivity index is 2.01. The zero-order valence-electron chi connectivity index (χ0n) is 12.1. The fourth-order valence-corrected chi connectivity index (χ4v) is 3.10. The van der Waals surface area contributed by atoms with Crippen LogP contribution >= 0.6 is 23.6 Å². The third-order valence-corrected chi connectivity index (χ3v) is 4.35. The van der Waals surface area contributed by atoms with E-state index in [9.17, 15) is 9.59 Å². The number of ether oxygens (including phenoxy) is 1. The monoisotopic (exact) mass is 344 g/mol. The van der Waals surface area contributed by atoms with Crippen molar-refractivity contribution >= 4 is 52.2 Å². The van der Waals surface area contributed by atoms with Crippen molar-refractivity contribution in [3.8, 4) is 5.75 Å². The number of anilines is 1. The molecule has 1 aromatic heterocycles. The number of carbonyl (C=O) groups is 2. The lowest BCUT2D eigenvalue weighted by molar-refractivity contribution is -0.122. The maximum atomic E-state index is 12.7. The Morgan fingerprint density at radius 3 is 2.78 bits per heavy atom. The van der Waals surface area contributed by atoms with Crippen LogP contribution in [0.3, 0.4) is 0 Å². The topological polar surface area (TPSA) is 58.6 Å². The molecule has 0 radical (unpaired) electrons. The van der Waals surface area contributed by atoms with E-state index in [1.165, 1.54) is 16.2 Å². The summed E-state index contributed by atoms with van der Waals surface area (Å²) in [5.41, 5.74) is 0.584. The van der Waals surface area contributed by atoms with Gasteiger partial charge >= 0.3 is 0 Å². The second-order valence-electron chi connectivity index (χ2n) is 4.67. The van der Waals surface area contributed by atoms with Crippen molar-refractivity contribution in [1.82, 2.24) is 5.32 Å². The average molecular weight is 344 g/mol. The Bertz CT molecular complexity index is 812. The molecule has 1 N–H and O–H groups in total. The SMILES string of the molecule is COc1cccc(N2C(=O)/C(=C\c3cccs3)C(=O)NC2=S)c1. The first kappa shape index (κ1) is 15.4. The summed E-state index contributed by atoms with van der Waals surface area (Å²) < 4.78 is 5.17. The van der Waals surface area contributed by atoms with E-state index in [4.69, 9.17) is 17.0 Å². The molecule has 0 unspecified atom stereocenters. The van der Waals surface area contributed by atoms with Gasteiger partial charge in [-0.05, 0) is 41.9 Å². The number of hydrogen-bond acceptors (Lipinski definition) is 5. The number of rotatable bonds is 3. The zero-order valence-corrected chi connectivity index (χ0v) is 13.7. The van der Waals surface area contributed by atoms with Gasteiger partial charge in [0.05, 0.1) is 12.8 Å².